The molecule has 3 rings (SSSR count). The van der Waals surface area contributed by atoms with E-state index in [1.807, 2.05) is 20.8 Å². The lowest BCUT2D eigenvalue weighted by Gasteiger charge is -2.61. The fourth-order valence-electron chi connectivity index (χ4n) is 6.56. The molecular weight excluding hydrogens is 380 g/mol. The summed E-state index contributed by atoms with van der Waals surface area (Å²) in [7, 11) is 1.43. The number of rotatable bonds is 5. The Morgan fingerprint density at radius 3 is 2.47 bits per heavy atom. The van der Waals surface area contributed by atoms with Crippen molar-refractivity contribution in [2.45, 2.75) is 97.7 Å². The van der Waals surface area contributed by atoms with E-state index in [4.69, 9.17) is 14.2 Å². The topological polar surface area (TPSA) is 61.8 Å². The van der Waals surface area contributed by atoms with E-state index >= 15 is 0 Å². The lowest BCUT2D eigenvalue weighted by molar-refractivity contribution is -0.197. The van der Waals surface area contributed by atoms with Crippen LogP contribution in [0.1, 0.15) is 86.5 Å². The van der Waals surface area contributed by atoms with E-state index in [2.05, 4.69) is 26.8 Å². The van der Waals surface area contributed by atoms with Gasteiger partial charge in [-0.15, -0.1) is 0 Å². The average Bonchev–Trinajstić information content (AvgIpc) is 3.00. The molecule has 30 heavy (non-hydrogen) atoms. The summed E-state index contributed by atoms with van der Waals surface area (Å²) in [5, 5.41) is 0. The van der Waals surface area contributed by atoms with E-state index in [-0.39, 0.29) is 41.7 Å². The third-order valence-electron chi connectivity index (χ3n) is 8.28. The zero-order valence-corrected chi connectivity index (χ0v) is 19.9. The normalized spacial score (nSPS) is 37.6. The predicted octanol–water partition coefficient (Wildman–Crippen LogP) is 5.22. The van der Waals surface area contributed by atoms with Crippen molar-refractivity contribution in [3.8, 4) is 0 Å². The highest BCUT2D eigenvalue weighted by molar-refractivity contribution is 5.72. The van der Waals surface area contributed by atoms with Crippen molar-refractivity contribution in [2.75, 3.05) is 13.7 Å². The fraction of sp³-hybridized carbons (Fsp3) is 0.840. The summed E-state index contributed by atoms with van der Waals surface area (Å²) < 4.78 is 17.6. The summed E-state index contributed by atoms with van der Waals surface area (Å²) in [5.41, 5.74) is 0.175. The molecule has 1 saturated heterocycles. The van der Waals surface area contributed by atoms with Crippen molar-refractivity contribution < 1.29 is 23.8 Å². The van der Waals surface area contributed by atoms with Gasteiger partial charge in [0.15, 0.2) is 0 Å². The van der Waals surface area contributed by atoms with E-state index < -0.39 is 11.2 Å². The molecule has 1 saturated carbocycles. The van der Waals surface area contributed by atoms with Crippen LogP contribution in [0.15, 0.2) is 11.6 Å². The molecule has 4 atom stereocenters. The molecule has 0 N–H and O–H groups in total. The van der Waals surface area contributed by atoms with E-state index in [0.717, 1.165) is 37.7 Å². The minimum atomic E-state index is -0.569. The van der Waals surface area contributed by atoms with Crippen LogP contribution in [0.2, 0.25) is 0 Å². The first-order chi connectivity index (χ1) is 13.9. The maximum Gasteiger partial charge on any atom is 0.308 e. The van der Waals surface area contributed by atoms with Crippen LogP contribution >= 0.6 is 0 Å². The first-order valence-electron chi connectivity index (χ1n) is 11.5. The molecule has 0 amide bonds. The third kappa shape index (κ3) is 3.83. The number of hydrogen-bond acceptors (Lipinski definition) is 5. The van der Waals surface area contributed by atoms with Crippen molar-refractivity contribution in [1.29, 1.82) is 0 Å². The molecule has 0 unspecified atom stereocenters. The molecule has 1 aliphatic heterocycles. The molecule has 5 nitrogen and oxygen atoms in total. The quantitative estimate of drug-likeness (QED) is 0.451. The molecule has 2 aliphatic carbocycles. The highest BCUT2D eigenvalue weighted by atomic mass is 16.6. The third-order valence-corrected chi connectivity index (χ3v) is 8.28. The zero-order valence-electron chi connectivity index (χ0n) is 19.9. The van der Waals surface area contributed by atoms with Gasteiger partial charge >= 0.3 is 11.9 Å². The number of allylic oxidation sites excluding steroid dienone is 1. The van der Waals surface area contributed by atoms with E-state index in [0.29, 0.717) is 5.92 Å². The summed E-state index contributed by atoms with van der Waals surface area (Å²) in [6, 6.07) is 0. The van der Waals surface area contributed by atoms with Crippen LogP contribution in [0.4, 0.5) is 0 Å². The van der Waals surface area contributed by atoms with Gasteiger partial charge < -0.3 is 14.2 Å². The first kappa shape index (κ1) is 23.3. The Morgan fingerprint density at radius 1 is 1.13 bits per heavy atom. The van der Waals surface area contributed by atoms with Crippen LogP contribution in [-0.2, 0) is 23.8 Å². The Morgan fingerprint density at radius 2 is 1.83 bits per heavy atom. The van der Waals surface area contributed by atoms with Gasteiger partial charge in [-0.25, -0.2) is 0 Å². The largest absolute Gasteiger partial charge is 0.469 e. The molecule has 2 fully saturated rings. The summed E-state index contributed by atoms with van der Waals surface area (Å²) in [5.74, 6) is -0.0922. The maximum atomic E-state index is 12.2. The van der Waals surface area contributed by atoms with Gasteiger partial charge in [-0.3, -0.25) is 9.59 Å². The number of fused-ring (bicyclic) bond motifs is 2. The smallest absolute Gasteiger partial charge is 0.308 e. The van der Waals surface area contributed by atoms with Gasteiger partial charge in [-0.1, -0.05) is 47.1 Å². The van der Waals surface area contributed by atoms with Crippen molar-refractivity contribution in [3.63, 3.8) is 0 Å². The number of esters is 2. The van der Waals surface area contributed by atoms with Crippen LogP contribution in [0, 0.1) is 22.7 Å². The van der Waals surface area contributed by atoms with Gasteiger partial charge in [0, 0.05) is 5.41 Å². The summed E-state index contributed by atoms with van der Waals surface area (Å²) >= 11 is 0. The van der Waals surface area contributed by atoms with Gasteiger partial charge in [0.05, 0.1) is 30.7 Å². The van der Waals surface area contributed by atoms with Crippen LogP contribution in [0.3, 0.4) is 0 Å². The first-order valence-corrected chi connectivity index (χ1v) is 11.5. The van der Waals surface area contributed by atoms with Crippen LogP contribution in [0.5, 0.6) is 0 Å². The second kappa shape index (κ2) is 7.96. The van der Waals surface area contributed by atoms with Crippen LogP contribution < -0.4 is 0 Å². The molecule has 5 heteroatoms. The minimum Gasteiger partial charge on any atom is -0.469 e. The van der Waals surface area contributed by atoms with Crippen molar-refractivity contribution >= 4 is 11.9 Å². The van der Waals surface area contributed by atoms with Crippen molar-refractivity contribution in [1.82, 2.24) is 0 Å². The molecule has 1 heterocycles. The molecule has 1 spiro atoms. The van der Waals surface area contributed by atoms with Crippen LogP contribution in [-0.4, -0.2) is 36.9 Å². The minimum absolute atomic E-state index is 0.0586. The van der Waals surface area contributed by atoms with Gasteiger partial charge in [-0.05, 0) is 55.9 Å². The summed E-state index contributed by atoms with van der Waals surface area (Å²) in [6.07, 6.45) is 8.61. The molecule has 0 aromatic carbocycles. The number of carbonyl (C=O) groups excluding carboxylic acids is 2. The lowest BCUT2D eigenvalue weighted by Crippen LogP contribution is -2.60. The Bertz CT molecular complexity index is 723. The Hall–Kier alpha value is -1.36. The highest BCUT2D eigenvalue weighted by Gasteiger charge is 2.65. The maximum absolute atomic E-state index is 12.2. The standard InChI is InChI=1S/C25H40O5/c1-17(2)21(27)29-16-18-9-10-19-22(3,4)11-8-12-24(19,6)25(18)14-13-23(5,30-25)15-20(26)28-7/h9,17,19H,8,10-16H2,1-7H3/t19-,23+,24-,25+/m0/s1. The molecule has 0 aromatic heterocycles. The zero-order chi connectivity index (χ0) is 22.4. The predicted molar refractivity (Wildman–Crippen MR) is 116 cm³/mol. The van der Waals surface area contributed by atoms with E-state index in [9.17, 15) is 9.59 Å². The van der Waals surface area contributed by atoms with Gasteiger partial charge in [-0.2, -0.15) is 0 Å². The van der Waals surface area contributed by atoms with Gasteiger partial charge in [0.25, 0.3) is 0 Å². The molecule has 0 bridgehead atoms. The average molecular weight is 421 g/mol. The van der Waals surface area contributed by atoms with Gasteiger partial charge in [0.1, 0.15) is 6.61 Å². The Labute approximate surface area is 181 Å². The second-order valence-corrected chi connectivity index (χ2v) is 11.2. The van der Waals surface area contributed by atoms with Crippen molar-refractivity contribution in [2.24, 2.45) is 22.7 Å². The highest BCUT2D eigenvalue weighted by Crippen LogP contribution is 2.66. The van der Waals surface area contributed by atoms with Gasteiger partial charge in [0.2, 0.25) is 0 Å². The number of methoxy groups -OCH3 is 1. The second-order valence-electron chi connectivity index (χ2n) is 11.2. The molecular formula is C25H40O5. The SMILES string of the molecule is COC(=O)C[C@@]1(C)CC[C@@]2(O1)C(COC(=O)C(C)C)=CC[C@H]1C(C)(C)CCC[C@@]12C. The molecule has 0 radical (unpaired) electrons. The van der Waals surface area contributed by atoms with Crippen molar-refractivity contribution in [3.05, 3.63) is 11.6 Å². The number of ether oxygens (including phenoxy) is 3. The van der Waals surface area contributed by atoms with E-state index in [1.54, 1.807) is 0 Å². The lowest BCUT2D eigenvalue weighted by atomic mass is 9.46. The number of hydrogen-bond donors (Lipinski definition) is 0. The monoisotopic (exact) mass is 420 g/mol. The Balaban J connectivity index is 1.99. The van der Waals surface area contributed by atoms with E-state index in [1.165, 1.54) is 13.5 Å². The molecule has 170 valence electrons. The summed E-state index contributed by atoms with van der Waals surface area (Å²) in [6.45, 7) is 13.1. The fourth-order valence-corrected chi connectivity index (χ4v) is 6.56. The summed E-state index contributed by atoms with van der Waals surface area (Å²) in [4.78, 5) is 24.3. The molecule has 3 aliphatic rings. The molecule has 0 aromatic rings. The number of carbonyl (C=O) groups is 2. The van der Waals surface area contributed by atoms with Crippen LogP contribution in [0.25, 0.3) is 0 Å². The Kier molecular flexibility index (Phi) is 6.18.